The van der Waals surface area contributed by atoms with Gasteiger partial charge in [-0.3, -0.25) is 4.79 Å². The lowest BCUT2D eigenvalue weighted by atomic mass is 10.0. The molecular formula is C14H23BN2O3. The van der Waals surface area contributed by atoms with E-state index in [4.69, 9.17) is 7.85 Å². The van der Waals surface area contributed by atoms with Crippen LogP contribution in [0.1, 0.15) is 20.8 Å². The Balaban J connectivity index is 4.83. The Labute approximate surface area is 122 Å². The number of amides is 2. The first-order valence-electron chi connectivity index (χ1n) is 6.51. The number of hydrogen-bond acceptors (Lipinski definition) is 3. The first kappa shape index (κ1) is 18.3. The van der Waals surface area contributed by atoms with Crippen LogP contribution in [-0.4, -0.2) is 51.0 Å². The van der Waals surface area contributed by atoms with E-state index in [9.17, 15) is 9.59 Å². The molecule has 0 unspecified atom stereocenters. The third kappa shape index (κ3) is 5.95. The fourth-order valence-electron chi connectivity index (χ4n) is 1.54. The number of nitrogens with one attached hydrogen (secondary N) is 1. The predicted octanol–water partition coefficient (Wildman–Crippen LogP) is 1.45. The van der Waals surface area contributed by atoms with Crippen LogP contribution in [0.4, 0.5) is 4.79 Å². The van der Waals surface area contributed by atoms with Crippen molar-refractivity contribution in [2.75, 3.05) is 14.2 Å². The largest absolute Gasteiger partial charge is 0.453 e. The Morgan fingerprint density at radius 3 is 2.30 bits per heavy atom. The molecule has 2 atom stereocenters. The van der Waals surface area contributed by atoms with Gasteiger partial charge in [0.15, 0.2) is 0 Å². The SMILES string of the molecule is [B]C=CC=C[C@@H](C)N(C)C(=O)[C@H](NC(=O)OC)C(C)C. The number of carbonyl (C=O) groups is 2. The monoisotopic (exact) mass is 278 g/mol. The number of alkyl carbamates (subject to hydrolysis) is 1. The molecule has 0 spiro atoms. The highest BCUT2D eigenvalue weighted by molar-refractivity contribution is 6.17. The van der Waals surface area contributed by atoms with Crippen molar-refractivity contribution in [2.45, 2.75) is 32.9 Å². The molecule has 0 aromatic carbocycles. The van der Waals surface area contributed by atoms with Crippen LogP contribution in [-0.2, 0) is 9.53 Å². The molecule has 0 heterocycles. The molecule has 0 rings (SSSR count). The highest BCUT2D eigenvalue weighted by Gasteiger charge is 2.28. The Morgan fingerprint density at radius 2 is 1.85 bits per heavy atom. The second kappa shape index (κ2) is 9.23. The summed E-state index contributed by atoms with van der Waals surface area (Å²) in [5.74, 6) is 1.21. The molecule has 20 heavy (non-hydrogen) atoms. The average molecular weight is 278 g/mol. The minimum absolute atomic E-state index is 0.0378. The zero-order chi connectivity index (χ0) is 15.7. The Kier molecular flexibility index (Phi) is 8.44. The van der Waals surface area contributed by atoms with Crippen LogP contribution in [0, 0.1) is 5.92 Å². The smallest absolute Gasteiger partial charge is 0.407 e. The number of methoxy groups -OCH3 is 1. The van der Waals surface area contributed by atoms with Gasteiger partial charge >= 0.3 is 6.09 Å². The number of likely N-dealkylation sites (N-methyl/N-ethyl adjacent to an activating group) is 1. The van der Waals surface area contributed by atoms with Crippen molar-refractivity contribution in [2.24, 2.45) is 5.92 Å². The van der Waals surface area contributed by atoms with Gasteiger partial charge in [0, 0.05) is 13.1 Å². The summed E-state index contributed by atoms with van der Waals surface area (Å²) in [5, 5.41) is 2.56. The summed E-state index contributed by atoms with van der Waals surface area (Å²) in [6.45, 7) is 5.61. The Bertz CT molecular complexity index is 381. The van der Waals surface area contributed by atoms with Crippen molar-refractivity contribution in [1.82, 2.24) is 10.2 Å². The van der Waals surface area contributed by atoms with E-state index in [2.05, 4.69) is 10.1 Å². The van der Waals surface area contributed by atoms with E-state index in [1.165, 1.54) is 13.1 Å². The van der Waals surface area contributed by atoms with Gasteiger partial charge < -0.3 is 15.0 Å². The number of rotatable bonds is 6. The lowest BCUT2D eigenvalue weighted by Crippen LogP contribution is -2.51. The lowest BCUT2D eigenvalue weighted by molar-refractivity contribution is -0.134. The minimum atomic E-state index is -0.617. The van der Waals surface area contributed by atoms with Gasteiger partial charge in [-0.05, 0) is 12.8 Å². The summed E-state index contributed by atoms with van der Waals surface area (Å²) in [6.07, 6.45) is 4.69. The van der Waals surface area contributed by atoms with E-state index in [0.717, 1.165) is 0 Å². The molecule has 0 aromatic rings. The highest BCUT2D eigenvalue weighted by Crippen LogP contribution is 2.09. The van der Waals surface area contributed by atoms with Gasteiger partial charge in [0.25, 0.3) is 0 Å². The molecule has 0 aliphatic carbocycles. The fourth-order valence-corrected chi connectivity index (χ4v) is 1.54. The fraction of sp³-hybridized carbons (Fsp3) is 0.571. The third-order valence-electron chi connectivity index (χ3n) is 2.96. The molecule has 0 bridgehead atoms. The van der Waals surface area contributed by atoms with Crippen molar-refractivity contribution in [1.29, 1.82) is 0 Å². The molecule has 0 saturated heterocycles. The summed E-state index contributed by atoms with van der Waals surface area (Å²) in [7, 11) is 8.20. The first-order chi connectivity index (χ1) is 9.34. The molecule has 1 N–H and O–H groups in total. The lowest BCUT2D eigenvalue weighted by Gasteiger charge is -2.29. The van der Waals surface area contributed by atoms with E-state index in [0.29, 0.717) is 0 Å². The molecule has 0 fully saturated rings. The summed E-state index contributed by atoms with van der Waals surface area (Å²) in [6, 6.07) is -0.729. The zero-order valence-corrected chi connectivity index (χ0v) is 12.8. The number of allylic oxidation sites excluding steroid dienone is 2. The maximum atomic E-state index is 12.4. The van der Waals surface area contributed by atoms with Gasteiger partial charge in [-0.1, -0.05) is 32.1 Å². The zero-order valence-electron chi connectivity index (χ0n) is 12.8. The minimum Gasteiger partial charge on any atom is -0.453 e. The number of nitrogens with zero attached hydrogens (tertiary/aromatic N) is 1. The first-order valence-corrected chi connectivity index (χ1v) is 6.51. The Morgan fingerprint density at radius 1 is 1.25 bits per heavy atom. The number of ether oxygens (including phenoxy) is 1. The van der Waals surface area contributed by atoms with Crippen LogP contribution in [0.5, 0.6) is 0 Å². The predicted molar refractivity (Wildman–Crippen MR) is 80.4 cm³/mol. The molecule has 0 aliphatic rings. The van der Waals surface area contributed by atoms with Gasteiger partial charge in [-0.25, -0.2) is 4.79 Å². The second-order valence-corrected chi connectivity index (χ2v) is 4.82. The maximum absolute atomic E-state index is 12.4. The van der Waals surface area contributed by atoms with Crippen LogP contribution in [0.3, 0.4) is 0 Å². The molecule has 0 saturated carbocycles. The molecule has 2 radical (unpaired) electrons. The van der Waals surface area contributed by atoms with Crippen LogP contribution in [0.25, 0.3) is 0 Å². The molecule has 0 aromatic heterocycles. The van der Waals surface area contributed by atoms with E-state index >= 15 is 0 Å². The molecule has 6 heteroatoms. The summed E-state index contributed by atoms with van der Waals surface area (Å²) in [5.41, 5.74) is 0. The van der Waals surface area contributed by atoms with Crippen LogP contribution >= 0.6 is 0 Å². The number of hydrogen-bond donors (Lipinski definition) is 1. The van der Waals surface area contributed by atoms with Gasteiger partial charge in [0.2, 0.25) is 5.91 Å². The van der Waals surface area contributed by atoms with E-state index in [1.54, 1.807) is 24.1 Å². The average Bonchev–Trinajstić information content (AvgIpc) is 2.42. The van der Waals surface area contributed by atoms with Gasteiger partial charge in [0.05, 0.1) is 7.11 Å². The van der Waals surface area contributed by atoms with Crippen molar-refractivity contribution < 1.29 is 14.3 Å². The van der Waals surface area contributed by atoms with Crippen LogP contribution in [0.2, 0.25) is 0 Å². The normalized spacial score (nSPS) is 14.5. The van der Waals surface area contributed by atoms with Crippen LogP contribution < -0.4 is 5.32 Å². The highest BCUT2D eigenvalue weighted by atomic mass is 16.5. The van der Waals surface area contributed by atoms with Crippen molar-refractivity contribution in [3.63, 3.8) is 0 Å². The maximum Gasteiger partial charge on any atom is 0.407 e. The van der Waals surface area contributed by atoms with Gasteiger partial charge in [0.1, 0.15) is 13.9 Å². The molecular weight excluding hydrogens is 255 g/mol. The van der Waals surface area contributed by atoms with Gasteiger partial charge in [-0.2, -0.15) is 0 Å². The molecule has 110 valence electrons. The van der Waals surface area contributed by atoms with E-state index in [-0.39, 0.29) is 17.9 Å². The summed E-state index contributed by atoms with van der Waals surface area (Å²) in [4.78, 5) is 25.3. The van der Waals surface area contributed by atoms with E-state index in [1.807, 2.05) is 26.8 Å². The van der Waals surface area contributed by atoms with Gasteiger partial charge in [-0.15, -0.1) is 5.98 Å². The second-order valence-electron chi connectivity index (χ2n) is 4.82. The number of carbonyl (C=O) groups excluding carboxylic acids is 2. The van der Waals surface area contributed by atoms with Crippen molar-refractivity contribution in [3.05, 3.63) is 24.2 Å². The molecule has 0 aliphatic heterocycles. The topological polar surface area (TPSA) is 58.6 Å². The van der Waals surface area contributed by atoms with Crippen molar-refractivity contribution in [3.8, 4) is 0 Å². The van der Waals surface area contributed by atoms with Crippen molar-refractivity contribution >= 4 is 19.8 Å². The van der Waals surface area contributed by atoms with E-state index < -0.39 is 12.1 Å². The Hall–Kier alpha value is -1.72. The molecule has 2 amide bonds. The quantitative estimate of drug-likeness (QED) is 0.591. The van der Waals surface area contributed by atoms with Crippen LogP contribution in [0.15, 0.2) is 24.2 Å². The molecule has 5 nitrogen and oxygen atoms in total. The standard InChI is InChI=1S/C14H23BN2O3/c1-10(2)12(16-14(19)20-5)13(18)17(4)11(3)8-6-7-9-15/h6-12H,1-5H3,(H,16,19)/t11-,12-/m1/s1. The summed E-state index contributed by atoms with van der Waals surface area (Å²) < 4.78 is 4.54. The third-order valence-corrected chi connectivity index (χ3v) is 2.96. The summed E-state index contributed by atoms with van der Waals surface area (Å²) >= 11 is 0.